The molecule has 1 saturated heterocycles. The Hall–Kier alpha value is -1.62. The van der Waals surface area contributed by atoms with Crippen molar-refractivity contribution < 1.29 is 4.74 Å². The largest absolute Gasteiger partial charge is 0.371 e. The highest BCUT2D eigenvalue weighted by Gasteiger charge is 2.15. The summed E-state index contributed by atoms with van der Waals surface area (Å²) in [6, 6.07) is 10.1. The van der Waals surface area contributed by atoms with Gasteiger partial charge in [-0.1, -0.05) is 23.7 Å². The molecule has 2 N–H and O–H groups in total. The van der Waals surface area contributed by atoms with E-state index in [1.54, 1.807) is 12.4 Å². The Balaban J connectivity index is 1.69. The predicted molar refractivity (Wildman–Crippen MR) is 80.5 cm³/mol. The Morgan fingerprint density at radius 1 is 1.20 bits per heavy atom. The molecule has 0 bridgehead atoms. The predicted octanol–water partition coefficient (Wildman–Crippen LogP) is 3.14. The van der Waals surface area contributed by atoms with Crippen LogP contribution in [0, 0.1) is 0 Å². The number of rotatable bonds is 3. The van der Waals surface area contributed by atoms with E-state index >= 15 is 0 Å². The van der Waals surface area contributed by atoms with Crippen molar-refractivity contribution in [2.75, 3.05) is 25.0 Å². The van der Waals surface area contributed by atoms with Crippen LogP contribution in [0.15, 0.2) is 42.7 Å². The van der Waals surface area contributed by atoms with Crippen LogP contribution in [-0.2, 0) is 4.74 Å². The van der Waals surface area contributed by atoms with Crippen molar-refractivity contribution in [2.45, 2.75) is 6.10 Å². The zero-order chi connectivity index (χ0) is 13.8. The molecule has 5 heteroatoms. The summed E-state index contributed by atoms with van der Waals surface area (Å²) in [5, 5.41) is 7.22. The zero-order valence-electron chi connectivity index (χ0n) is 11.0. The Kier molecular flexibility index (Phi) is 4.16. The SMILES string of the molecule is Clc1cncc(Nc2ccc([C@H]3CNCCO3)cc2)c1. The molecule has 4 nitrogen and oxygen atoms in total. The van der Waals surface area contributed by atoms with Crippen LogP contribution in [0.25, 0.3) is 0 Å². The second-order valence-corrected chi connectivity index (χ2v) is 5.14. The number of halogens is 1. The number of anilines is 2. The lowest BCUT2D eigenvalue weighted by Gasteiger charge is -2.24. The summed E-state index contributed by atoms with van der Waals surface area (Å²) in [5.41, 5.74) is 3.06. The van der Waals surface area contributed by atoms with E-state index in [1.165, 1.54) is 5.56 Å². The van der Waals surface area contributed by atoms with Crippen LogP contribution in [0.3, 0.4) is 0 Å². The Bertz CT molecular complexity index is 568. The lowest BCUT2D eigenvalue weighted by atomic mass is 10.1. The fourth-order valence-electron chi connectivity index (χ4n) is 2.21. The average molecular weight is 290 g/mol. The van der Waals surface area contributed by atoms with Gasteiger partial charge in [0.25, 0.3) is 0 Å². The second kappa shape index (κ2) is 6.22. The van der Waals surface area contributed by atoms with Gasteiger partial charge >= 0.3 is 0 Å². The first-order valence-electron chi connectivity index (χ1n) is 6.61. The molecular formula is C15H16ClN3O. The molecule has 0 saturated carbocycles. The van der Waals surface area contributed by atoms with E-state index in [-0.39, 0.29) is 6.10 Å². The third-order valence-corrected chi connectivity index (χ3v) is 3.41. The van der Waals surface area contributed by atoms with Crippen LogP contribution in [0.1, 0.15) is 11.7 Å². The van der Waals surface area contributed by atoms with E-state index in [0.29, 0.717) is 5.02 Å². The van der Waals surface area contributed by atoms with E-state index in [9.17, 15) is 0 Å². The van der Waals surface area contributed by atoms with Gasteiger partial charge in [-0.2, -0.15) is 0 Å². The summed E-state index contributed by atoms with van der Waals surface area (Å²) in [6.07, 6.45) is 3.50. The minimum absolute atomic E-state index is 0.144. The van der Waals surface area contributed by atoms with E-state index in [1.807, 2.05) is 18.2 Å². The topological polar surface area (TPSA) is 46.2 Å². The number of benzene rings is 1. The quantitative estimate of drug-likeness (QED) is 0.911. The highest BCUT2D eigenvalue weighted by Crippen LogP contribution is 2.23. The van der Waals surface area contributed by atoms with E-state index in [0.717, 1.165) is 31.1 Å². The van der Waals surface area contributed by atoms with Crippen LogP contribution < -0.4 is 10.6 Å². The van der Waals surface area contributed by atoms with Crippen LogP contribution in [0.5, 0.6) is 0 Å². The maximum absolute atomic E-state index is 5.91. The number of morpholine rings is 1. The Morgan fingerprint density at radius 3 is 2.75 bits per heavy atom. The van der Waals surface area contributed by atoms with Crippen molar-refractivity contribution >= 4 is 23.0 Å². The summed E-state index contributed by atoms with van der Waals surface area (Å²) in [6.45, 7) is 2.56. The molecule has 1 fully saturated rings. The number of hydrogen-bond donors (Lipinski definition) is 2. The van der Waals surface area contributed by atoms with Gasteiger partial charge < -0.3 is 15.4 Å². The molecule has 2 heterocycles. The molecule has 1 aromatic heterocycles. The molecule has 1 aliphatic heterocycles. The Morgan fingerprint density at radius 2 is 2.05 bits per heavy atom. The minimum atomic E-state index is 0.144. The zero-order valence-corrected chi connectivity index (χ0v) is 11.7. The molecule has 1 aromatic carbocycles. The summed E-state index contributed by atoms with van der Waals surface area (Å²) in [4.78, 5) is 4.05. The highest BCUT2D eigenvalue weighted by molar-refractivity contribution is 6.30. The van der Waals surface area contributed by atoms with Gasteiger partial charge in [-0.25, -0.2) is 0 Å². The van der Waals surface area contributed by atoms with Gasteiger partial charge in [-0.15, -0.1) is 0 Å². The van der Waals surface area contributed by atoms with Crippen LogP contribution >= 0.6 is 11.6 Å². The maximum atomic E-state index is 5.91. The maximum Gasteiger partial charge on any atom is 0.0949 e. The molecule has 1 atom stereocenters. The number of aromatic nitrogens is 1. The summed E-state index contributed by atoms with van der Waals surface area (Å²) >= 11 is 5.91. The number of pyridine rings is 1. The summed E-state index contributed by atoms with van der Waals surface area (Å²) < 4.78 is 5.73. The van der Waals surface area contributed by atoms with Crippen molar-refractivity contribution in [1.82, 2.24) is 10.3 Å². The van der Waals surface area contributed by atoms with Crippen LogP contribution in [-0.4, -0.2) is 24.7 Å². The van der Waals surface area contributed by atoms with Gasteiger partial charge in [0, 0.05) is 25.0 Å². The first kappa shape index (κ1) is 13.4. The molecule has 2 aromatic rings. The highest BCUT2D eigenvalue weighted by atomic mass is 35.5. The van der Waals surface area contributed by atoms with Gasteiger partial charge in [-0.3, -0.25) is 4.98 Å². The fraction of sp³-hybridized carbons (Fsp3) is 0.267. The number of nitrogens with zero attached hydrogens (tertiary/aromatic N) is 1. The molecule has 1 aliphatic rings. The first-order valence-corrected chi connectivity index (χ1v) is 6.99. The molecule has 0 unspecified atom stereocenters. The van der Waals surface area contributed by atoms with E-state index < -0.39 is 0 Å². The smallest absolute Gasteiger partial charge is 0.0949 e. The molecular weight excluding hydrogens is 274 g/mol. The van der Waals surface area contributed by atoms with Gasteiger partial charge in [0.2, 0.25) is 0 Å². The molecule has 104 valence electrons. The molecule has 0 spiro atoms. The normalized spacial score (nSPS) is 18.8. The van der Waals surface area contributed by atoms with Crippen molar-refractivity contribution in [2.24, 2.45) is 0 Å². The van der Waals surface area contributed by atoms with Crippen LogP contribution in [0.4, 0.5) is 11.4 Å². The second-order valence-electron chi connectivity index (χ2n) is 4.70. The monoisotopic (exact) mass is 289 g/mol. The van der Waals surface area contributed by atoms with Crippen molar-refractivity contribution in [3.8, 4) is 0 Å². The number of ether oxygens (including phenoxy) is 1. The third kappa shape index (κ3) is 3.28. The molecule has 0 aliphatic carbocycles. The average Bonchev–Trinajstić information content (AvgIpc) is 2.49. The van der Waals surface area contributed by atoms with E-state index in [4.69, 9.17) is 16.3 Å². The lowest BCUT2D eigenvalue weighted by molar-refractivity contribution is 0.0277. The molecule has 3 rings (SSSR count). The van der Waals surface area contributed by atoms with Crippen molar-refractivity contribution in [3.63, 3.8) is 0 Å². The first-order chi connectivity index (χ1) is 9.81. The summed E-state index contributed by atoms with van der Waals surface area (Å²) in [7, 11) is 0. The number of hydrogen-bond acceptors (Lipinski definition) is 4. The van der Waals surface area contributed by atoms with Crippen molar-refractivity contribution in [3.05, 3.63) is 53.3 Å². The third-order valence-electron chi connectivity index (χ3n) is 3.20. The lowest BCUT2D eigenvalue weighted by Crippen LogP contribution is -2.33. The van der Waals surface area contributed by atoms with Gasteiger partial charge in [0.05, 0.1) is 29.6 Å². The molecule has 20 heavy (non-hydrogen) atoms. The molecule has 0 radical (unpaired) electrons. The summed E-state index contributed by atoms with van der Waals surface area (Å²) in [5.74, 6) is 0. The Labute approximate surface area is 123 Å². The standard InChI is InChI=1S/C15H16ClN3O/c16-12-7-14(9-18-8-12)19-13-3-1-11(2-4-13)15-10-17-5-6-20-15/h1-4,7-9,15,17,19H,5-6,10H2/t15-/m1/s1. The van der Waals surface area contributed by atoms with Gasteiger partial charge in [0.1, 0.15) is 0 Å². The van der Waals surface area contributed by atoms with Gasteiger partial charge in [0.15, 0.2) is 0 Å². The van der Waals surface area contributed by atoms with E-state index in [2.05, 4.69) is 27.8 Å². The minimum Gasteiger partial charge on any atom is -0.371 e. The number of nitrogens with one attached hydrogen (secondary N) is 2. The van der Waals surface area contributed by atoms with Gasteiger partial charge in [-0.05, 0) is 23.8 Å². The molecule has 0 amide bonds. The van der Waals surface area contributed by atoms with Crippen LogP contribution in [0.2, 0.25) is 5.02 Å². The van der Waals surface area contributed by atoms with Crippen molar-refractivity contribution in [1.29, 1.82) is 0 Å². The fourth-order valence-corrected chi connectivity index (χ4v) is 2.38.